The van der Waals surface area contributed by atoms with E-state index in [9.17, 15) is 0 Å². The highest BCUT2D eigenvalue weighted by atomic mass is 16.5. The van der Waals surface area contributed by atoms with Gasteiger partial charge in [-0.2, -0.15) is 0 Å². The number of aliphatic imine (C=N–C) groups is 1. The van der Waals surface area contributed by atoms with E-state index in [1.807, 2.05) is 30.6 Å². The van der Waals surface area contributed by atoms with Gasteiger partial charge in [-0.05, 0) is 56.4 Å². The molecule has 1 fully saturated rings. The van der Waals surface area contributed by atoms with Crippen molar-refractivity contribution in [1.82, 2.24) is 4.98 Å². The molecule has 1 aliphatic heterocycles. The molecule has 0 saturated heterocycles. The molecule has 0 amide bonds. The summed E-state index contributed by atoms with van der Waals surface area (Å²) in [4.78, 5) is 8.87. The van der Waals surface area contributed by atoms with Gasteiger partial charge in [0.25, 0.3) is 0 Å². The lowest BCUT2D eigenvalue weighted by atomic mass is 9.92. The van der Waals surface area contributed by atoms with Crippen LogP contribution in [0.5, 0.6) is 11.5 Å². The fourth-order valence-electron chi connectivity index (χ4n) is 3.66. The SMILES string of the molecule is COc1ccc2c(c1OC1CCCC1)CCN=C2c1ccncc1. The number of fused-ring (bicyclic) bond motifs is 1. The zero-order chi connectivity index (χ0) is 16.4. The van der Waals surface area contributed by atoms with E-state index in [4.69, 9.17) is 14.5 Å². The summed E-state index contributed by atoms with van der Waals surface area (Å²) in [5.74, 6) is 1.75. The molecule has 0 unspecified atom stereocenters. The van der Waals surface area contributed by atoms with Crippen molar-refractivity contribution in [2.75, 3.05) is 13.7 Å². The minimum Gasteiger partial charge on any atom is -0.493 e. The van der Waals surface area contributed by atoms with Gasteiger partial charge in [0.15, 0.2) is 11.5 Å². The summed E-state index contributed by atoms with van der Waals surface area (Å²) in [6.45, 7) is 0.777. The lowest BCUT2D eigenvalue weighted by molar-refractivity contribution is 0.198. The summed E-state index contributed by atoms with van der Waals surface area (Å²) < 4.78 is 12.0. The van der Waals surface area contributed by atoms with Crippen LogP contribution in [0.3, 0.4) is 0 Å². The summed E-state index contributed by atoms with van der Waals surface area (Å²) in [5.41, 5.74) is 4.50. The Morgan fingerprint density at radius 1 is 1.04 bits per heavy atom. The van der Waals surface area contributed by atoms with Crippen LogP contribution in [0.25, 0.3) is 0 Å². The number of methoxy groups -OCH3 is 1. The predicted octanol–water partition coefficient (Wildman–Crippen LogP) is 3.81. The number of pyridine rings is 1. The molecule has 0 N–H and O–H groups in total. The van der Waals surface area contributed by atoms with E-state index in [2.05, 4.69) is 11.1 Å². The molecule has 0 bridgehead atoms. The summed E-state index contributed by atoms with van der Waals surface area (Å²) in [6, 6.07) is 8.13. The Morgan fingerprint density at radius 3 is 2.58 bits per heavy atom. The number of hydrogen-bond donors (Lipinski definition) is 0. The quantitative estimate of drug-likeness (QED) is 0.860. The number of hydrogen-bond acceptors (Lipinski definition) is 4. The molecule has 2 aliphatic rings. The lowest BCUT2D eigenvalue weighted by Crippen LogP contribution is -2.19. The van der Waals surface area contributed by atoms with Gasteiger partial charge in [0.05, 0.1) is 18.9 Å². The molecule has 1 saturated carbocycles. The molecule has 1 aromatic heterocycles. The maximum Gasteiger partial charge on any atom is 0.165 e. The number of ether oxygens (including phenoxy) is 2. The molecule has 4 nitrogen and oxygen atoms in total. The molecule has 4 rings (SSSR count). The maximum absolute atomic E-state index is 6.39. The van der Waals surface area contributed by atoms with Gasteiger partial charge >= 0.3 is 0 Å². The van der Waals surface area contributed by atoms with E-state index in [1.165, 1.54) is 18.4 Å². The smallest absolute Gasteiger partial charge is 0.165 e. The third-order valence-corrected chi connectivity index (χ3v) is 4.87. The van der Waals surface area contributed by atoms with Crippen molar-refractivity contribution >= 4 is 5.71 Å². The van der Waals surface area contributed by atoms with Gasteiger partial charge in [0.1, 0.15) is 0 Å². The van der Waals surface area contributed by atoms with Gasteiger partial charge in [-0.1, -0.05) is 0 Å². The molecule has 0 spiro atoms. The lowest BCUT2D eigenvalue weighted by Gasteiger charge is -2.24. The molecule has 0 radical (unpaired) electrons. The predicted molar refractivity (Wildman–Crippen MR) is 94.3 cm³/mol. The van der Waals surface area contributed by atoms with Gasteiger partial charge in [0.2, 0.25) is 0 Å². The first-order chi connectivity index (χ1) is 11.9. The Balaban J connectivity index is 1.76. The summed E-state index contributed by atoms with van der Waals surface area (Å²) >= 11 is 0. The molecule has 124 valence electrons. The van der Waals surface area contributed by atoms with Crippen molar-refractivity contribution in [2.45, 2.75) is 38.2 Å². The molecule has 0 atom stereocenters. The van der Waals surface area contributed by atoms with Crippen molar-refractivity contribution in [3.8, 4) is 11.5 Å². The molecule has 1 aliphatic carbocycles. The van der Waals surface area contributed by atoms with Crippen LogP contribution in [0.1, 0.15) is 42.4 Å². The average molecular weight is 322 g/mol. The van der Waals surface area contributed by atoms with E-state index in [-0.39, 0.29) is 0 Å². The number of rotatable bonds is 4. The Labute approximate surface area is 142 Å². The molecular weight excluding hydrogens is 300 g/mol. The Kier molecular flexibility index (Phi) is 4.20. The van der Waals surface area contributed by atoms with Gasteiger partial charge in [0, 0.05) is 35.6 Å². The fraction of sp³-hybridized carbons (Fsp3) is 0.400. The van der Waals surface area contributed by atoms with Crippen LogP contribution in [0.2, 0.25) is 0 Å². The van der Waals surface area contributed by atoms with E-state index in [1.54, 1.807) is 7.11 Å². The summed E-state index contributed by atoms with van der Waals surface area (Å²) in [5, 5.41) is 0. The van der Waals surface area contributed by atoms with Crippen LogP contribution in [0, 0.1) is 0 Å². The Morgan fingerprint density at radius 2 is 1.83 bits per heavy atom. The monoisotopic (exact) mass is 322 g/mol. The Bertz CT molecular complexity index is 750. The standard InChI is InChI=1S/C20H22N2O2/c1-23-18-7-6-16-17(20(18)24-15-4-2-3-5-15)10-13-22-19(16)14-8-11-21-12-9-14/h6-9,11-12,15H,2-5,10,13H2,1H3. The topological polar surface area (TPSA) is 43.7 Å². The van der Waals surface area contributed by atoms with Crippen LogP contribution in [-0.2, 0) is 6.42 Å². The van der Waals surface area contributed by atoms with Crippen molar-refractivity contribution in [3.63, 3.8) is 0 Å². The van der Waals surface area contributed by atoms with E-state index in [0.29, 0.717) is 6.10 Å². The minimum absolute atomic E-state index is 0.314. The minimum atomic E-state index is 0.314. The second kappa shape index (κ2) is 6.63. The second-order valence-corrected chi connectivity index (χ2v) is 6.36. The molecule has 2 heterocycles. The highest BCUT2D eigenvalue weighted by Crippen LogP contribution is 2.39. The van der Waals surface area contributed by atoms with Crippen LogP contribution >= 0.6 is 0 Å². The van der Waals surface area contributed by atoms with E-state index in [0.717, 1.165) is 54.1 Å². The normalized spacial score (nSPS) is 17.3. The number of benzene rings is 1. The molecule has 2 aromatic rings. The summed E-state index contributed by atoms with van der Waals surface area (Å²) in [6.07, 6.45) is 9.61. The molecule has 24 heavy (non-hydrogen) atoms. The maximum atomic E-state index is 6.39. The van der Waals surface area contributed by atoms with Crippen LogP contribution in [-0.4, -0.2) is 30.5 Å². The van der Waals surface area contributed by atoms with Crippen molar-refractivity contribution < 1.29 is 9.47 Å². The van der Waals surface area contributed by atoms with Crippen molar-refractivity contribution in [1.29, 1.82) is 0 Å². The molecular formula is C20H22N2O2. The largest absolute Gasteiger partial charge is 0.493 e. The van der Waals surface area contributed by atoms with Crippen LogP contribution in [0.15, 0.2) is 41.7 Å². The van der Waals surface area contributed by atoms with Crippen LogP contribution < -0.4 is 9.47 Å². The van der Waals surface area contributed by atoms with Gasteiger partial charge in [-0.3, -0.25) is 9.98 Å². The highest BCUT2D eigenvalue weighted by molar-refractivity contribution is 6.14. The van der Waals surface area contributed by atoms with E-state index < -0.39 is 0 Å². The average Bonchev–Trinajstić information content (AvgIpc) is 3.15. The first-order valence-electron chi connectivity index (χ1n) is 8.68. The zero-order valence-electron chi connectivity index (χ0n) is 14.0. The third-order valence-electron chi connectivity index (χ3n) is 4.87. The number of nitrogens with zero attached hydrogens (tertiary/aromatic N) is 2. The van der Waals surface area contributed by atoms with Crippen molar-refractivity contribution in [2.24, 2.45) is 4.99 Å². The zero-order valence-corrected chi connectivity index (χ0v) is 14.0. The van der Waals surface area contributed by atoms with Gasteiger partial charge < -0.3 is 9.47 Å². The highest BCUT2D eigenvalue weighted by Gasteiger charge is 2.25. The Hall–Kier alpha value is -2.36. The van der Waals surface area contributed by atoms with E-state index >= 15 is 0 Å². The second-order valence-electron chi connectivity index (χ2n) is 6.36. The summed E-state index contributed by atoms with van der Waals surface area (Å²) in [7, 11) is 1.71. The van der Waals surface area contributed by atoms with Crippen LogP contribution in [0.4, 0.5) is 0 Å². The first-order valence-corrected chi connectivity index (χ1v) is 8.68. The molecule has 1 aromatic carbocycles. The third kappa shape index (κ3) is 2.77. The first kappa shape index (κ1) is 15.2. The fourth-order valence-corrected chi connectivity index (χ4v) is 3.66. The van der Waals surface area contributed by atoms with Gasteiger partial charge in [-0.15, -0.1) is 0 Å². The molecule has 4 heteroatoms. The van der Waals surface area contributed by atoms with Gasteiger partial charge in [-0.25, -0.2) is 0 Å². The van der Waals surface area contributed by atoms with Crippen molar-refractivity contribution in [3.05, 3.63) is 53.3 Å². The number of aromatic nitrogens is 1.